The third-order valence-electron chi connectivity index (χ3n) is 8.74. The van der Waals surface area contributed by atoms with E-state index in [2.05, 4.69) is 15.3 Å². The minimum atomic E-state index is -5.36. The number of methoxy groups -OCH3 is 1. The SMILES string of the molecule is COc1cc(C(=O)NCC(O)(c2cc3c(c(-c4ccc(F)cc4)n2)OC[C@]3(C)C(N)=O)C(F)(F)F)cc2cc(C3CC3)c(C)nc12. The average Bonchev–Trinajstić information content (AvgIpc) is 3.80. The topological polar surface area (TPSA) is 137 Å². The van der Waals surface area contributed by atoms with Gasteiger partial charge in [-0.1, -0.05) is 0 Å². The lowest BCUT2D eigenvalue weighted by atomic mass is 9.81. The van der Waals surface area contributed by atoms with E-state index < -0.39 is 47.1 Å². The van der Waals surface area contributed by atoms with Crippen LogP contribution in [0.1, 0.15) is 58.6 Å². The quantitative estimate of drug-likeness (QED) is 0.233. The number of benzene rings is 2. The molecule has 1 aliphatic heterocycles. The Labute approximate surface area is 260 Å². The molecule has 13 heteroatoms. The van der Waals surface area contributed by atoms with Crippen LogP contribution < -0.4 is 20.5 Å². The van der Waals surface area contributed by atoms with Crippen LogP contribution in [0.3, 0.4) is 0 Å². The number of hydrogen-bond donors (Lipinski definition) is 3. The van der Waals surface area contributed by atoms with Gasteiger partial charge in [-0.15, -0.1) is 0 Å². The molecule has 9 nitrogen and oxygen atoms in total. The van der Waals surface area contributed by atoms with Gasteiger partial charge in [0, 0.05) is 27.8 Å². The van der Waals surface area contributed by atoms with Crippen LogP contribution in [0.2, 0.25) is 0 Å². The Kier molecular flexibility index (Phi) is 7.42. The highest BCUT2D eigenvalue weighted by atomic mass is 19.4. The number of halogens is 4. The highest BCUT2D eigenvalue weighted by molar-refractivity contribution is 6.00. The first-order chi connectivity index (χ1) is 21.7. The van der Waals surface area contributed by atoms with Gasteiger partial charge in [-0.25, -0.2) is 14.4 Å². The van der Waals surface area contributed by atoms with Crippen LogP contribution in [0.25, 0.3) is 22.2 Å². The first-order valence-corrected chi connectivity index (χ1v) is 14.5. The number of ether oxygens (including phenoxy) is 2. The summed E-state index contributed by atoms with van der Waals surface area (Å²) in [5.41, 5.74) is 1.73. The number of carbonyl (C=O) groups is 2. The Morgan fingerprint density at radius 2 is 1.83 bits per heavy atom. The van der Waals surface area contributed by atoms with Gasteiger partial charge in [0.2, 0.25) is 11.5 Å². The molecule has 240 valence electrons. The Bertz CT molecular complexity index is 1890. The molecule has 1 aliphatic carbocycles. The molecule has 2 aliphatic rings. The molecular formula is C33H30F4N4O5. The molecular weight excluding hydrogens is 608 g/mol. The molecule has 2 atom stereocenters. The molecule has 4 aromatic rings. The standard InChI is InChI=1S/C33H30F4N4O5/c1-16-22(17-4-5-17)11-19-10-20(12-24(45-3)26(19)40-16)29(42)39-14-32(44,33(35,36)37)25-13-23-28(46-15-31(23,2)30(38)43)27(41-25)18-6-8-21(34)9-7-18/h6-13,17,44H,4-5,14-15H2,1-3H3,(H2,38,43)(H,39,42)/t31-,32?/m0/s1. The number of pyridine rings is 2. The predicted octanol–water partition coefficient (Wildman–Crippen LogP) is 4.95. The molecule has 2 aromatic heterocycles. The minimum Gasteiger partial charge on any atom is -0.494 e. The fourth-order valence-electron chi connectivity index (χ4n) is 5.71. The van der Waals surface area contributed by atoms with Gasteiger partial charge < -0.3 is 25.6 Å². The van der Waals surface area contributed by atoms with Crippen LogP contribution in [-0.4, -0.2) is 53.3 Å². The maximum atomic E-state index is 14.8. The molecule has 0 bridgehead atoms. The van der Waals surface area contributed by atoms with Gasteiger partial charge in [-0.3, -0.25) is 9.59 Å². The summed E-state index contributed by atoms with van der Waals surface area (Å²) in [7, 11) is 1.40. The van der Waals surface area contributed by atoms with Gasteiger partial charge in [-0.2, -0.15) is 13.2 Å². The summed E-state index contributed by atoms with van der Waals surface area (Å²) in [5, 5.41) is 14.1. The molecule has 0 saturated heterocycles. The molecule has 3 heterocycles. The Morgan fingerprint density at radius 3 is 2.43 bits per heavy atom. The van der Waals surface area contributed by atoms with E-state index in [9.17, 15) is 32.3 Å². The Balaban J connectivity index is 1.40. The molecule has 2 aromatic carbocycles. The predicted molar refractivity (Wildman–Crippen MR) is 159 cm³/mol. The van der Waals surface area contributed by atoms with Crippen molar-refractivity contribution >= 4 is 22.7 Å². The smallest absolute Gasteiger partial charge is 0.424 e. The van der Waals surface area contributed by atoms with Crippen LogP contribution in [0.15, 0.2) is 48.5 Å². The number of aryl methyl sites for hydroxylation is 1. The molecule has 1 saturated carbocycles. The number of nitrogens with one attached hydrogen (secondary N) is 1. The second kappa shape index (κ2) is 10.9. The molecule has 4 N–H and O–H groups in total. The van der Waals surface area contributed by atoms with Crippen LogP contribution in [0.4, 0.5) is 17.6 Å². The third kappa shape index (κ3) is 5.17. The monoisotopic (exact) mass is 638 g/mol. The molecule has 6 rings (SSSR count). The number of amides is 2. The number of hydrogen-bond acceptors (Lipinski definition) is 7. The highest BCUT2D eigenvalue weighted by Crippen LogP contribution is 2.48. The maximum absolute atomic E-state index is 14.8. The Morgan fingerprint density at radius 1 is 1.13 bits per heavy atom. The number of primary amides is 1. The molecule has 1 fully saturated rings. The van der Waals surface area contributed by atoms with Gasteiger partial charge in [0.05, 0.1) is 19.3 Å². The normalized spacial score (nSPS) is 18.9. The number of alkyl halides is 3. The number of nitrogens with zero attached hydrogens (tertiary/aromatic N) is 2. The van der Waals surface area contributed by atoms with E-state index in [-0.39, 0.29) is 40.5 Å². The zero-order valence-electron chi connectivity index (χ0n) is 25.1. The van der Waals surface area contributed by atoms with E-state index in [4.69, 9.17) is 15.2 Å². The lowest BCUT2D eigenvalue weighted by molar-refractivity contribution is -0.265. The largest absolute Gasteiger partial charge is 0.494 e. The second-order valence-corrected chi connectivity index (χ2v) is 12.0. The lowest BCUT2D eigenvalue weighted by Gasteiger charge is -2.31. The second-order valence-electron chi connectivity index (χ2n) is 12.0. The number of carbonyl (C=O) groups excluding carboxylic acids is 2. The van der Waals surface area contributed by atoms with Crippen LogP contribution in [0.5, 0.6) is 11.5 Å². The Hall–Kier alpha value is -4.78. The van der Waals surface area contributed by atoms with E-state index >= 15 is 0 Å². The molecule has 46 heavy (non-hydrogen) atoms. The summed E-state index contributed by atoms with van der Waals surface area (Å²) in [6.45, 7) is 1.65. The summed E-state index contributed by atoms with van der Waals surface area (Å²) in [4.78, 5) is 34.6. The minimum absolute atomic E-state index is 0.00936. The summed E-state index contributed by atoms with van der Waals surface area (Å²) >= 11 is 0. The third-order valence-corrected chi connectivity index (χ3v) is 8.74. The molecule has 0 radical (unpaired) electrons. The van der Waals surface area contributed by atoms with E-state index in [1.165, 1.54) is 38.3 Å². The van der Waals surface area contributed by atoms with Crippen molar-refractivity contribution in [1.29, 1.82) is 0 Å². The molecule has 1 unspecified atom stereocenters. The van der Waals surface area contributed by atoms with Crippen molar-refractivity contribution in [3.63, 3.8) is 0 Å². The van der Waals surface area contributed by atoms with E-state index in [1.54, 1.807) is 0 Å². The summed E-state index contributed by atoms with van der Waals surface area (Å²) < 4.78 is 69.2. The number of rotatable bonds is 8. The van der Waals surface area contributed by atoms with Gasteiger partial charge in [0.15, 0.2) is 0 Å². The number of fused-ring (bicyclic) bond motifs is 2. The highest BCUT2D eigenvalue weighted by Gasteiger charge is 2.57. The number of nitrogens with two attached hydrogens (primary N) is 1. The molecule has 0 spiro atoms. The zero-order chi connectivity index (χ0) is 33.2. The van der Waals surface area contributed by atoms with Gasteiger partial charge in [-0.05, 0) is 86.7 Å². The van der Waals surface area contributed by atoms with Crippen LogP contribution in [-0.2, 0) is 15.8 Å². The van der Waals surface area contributed by atoms with Crippen molar-refractivity contribution in [3.05, 3.63) is 82.4 Å². The number of aromatic nitrogens is 2. The van der Waals surface area contributed by atoms with Gasteiger partial charge in [0.1, 0.15) is 40.5 Å². The zero-order valence-corrected chi connectivity index (χ0v) is 25.1. The van der Waals surface area contributed by atoms with Gasteiger partial charge >= 0.3 is 6.18 Å². The fourth-order valence-corrected chi connectivity index (χ4v) is 5.71. The average molecular weight is 639 g/mol. The van der Waals surface area contributed by atoms with Crippen molar-refractivity contribution in [2.45, 2.75) is 49.8 Å². The van der Waals surface area contributed by atoms with Crippen molar-refractivity contribution in [2.24, 2.45) is 5.73 Å². The first kappa shape index (κ1) is 31.2. The van der Waals surface area contributed by atoms with Crippen molar-refractivity contribution in [3.8, 4) is 22.8 Å². The summed E-state index contributed by atoms with van der Waals surface area (Å²) in [6.07, 6.45) is -3.32. The fraction of sp³-hybridized carbons (Fsp3) is 0.333. The van der Waals surface area contributed by atoms with Crippen molar-refractivity contribution in [1.82, 2.24) is 15.3 Å². The summed E-state index contributed by atoms with van der Waals surface area (Å²) in [5.74, 6) is -1.80. The lowest BCUT2D eigenvalue weighted by Crippen LogP contribution is -2.51. The maximum Gasteiger partial charge on any atom is 0.424 e. The van der Waals surface area contributed by atoms with E-state index in [0.717, 1.165) is 42.3 Å². The van der Waals surface area contributed by atoms with Gasteiger partial charge in [0.25, 0.3) is 5.91 Å². The first-order valence-electron chi connectivity index (χ1n) is 14.5. The summed E-state index contributed by atoms with van der Waals surface area (Å²) in [6, 6.07) is 10.4. The number of aliphatic hydroxyl groups is 1. The van der Waals surface area contributed by atoms with Crippen molar-refractivity contribution < 1.29 is 41.7 Å². The van der Waals surface area contributed by atoms with Crippen LogP contribution >= 0.6 is 0 Å². The van der Waals surface area contributed by atoms with Crippen LogP contribution in [0, 0.1) is 12.7 Å². The molecule has 2 amide bonds. The van der Waals surface area contributed by atoms with E-state index in [1.807, 2.05) is 13.0 Å². The van der Waals surface area contributed by atoms with E-state index in [0.29, 0.717) is 16.8 Å². The van der Waals surface area contributed by atoms with Crippen molar-refractivity contribution in [2.75, 3.05) is 20.3 Å².